The van der Waals surface area contributed by atoms with Crippen LogP contribution < -0.4 is 10.1 Å². The van der Waals surface area contributed by atoms with Crippen LogP contribution in [-0.4, -0.2) is 33.0 Å². The molecule has 0 atom stereocenters. The molecule has 0 aliphatic heterocycles. The number of thioether (sulfide) groups is 1. The predicted molar refractivity (Wildman–Crippen MR) is 113 cm³/mol. The number of carbonyl (C=O) groups is 1. The highest BCUT2D eigenvalue weighted by Gasteiger charge is 2.33. The maximum atomic E-state index is 13.1. The zero-order valence-electron chi connectivity index (χ0n) is 16.9. The lowest BCUT2D eigenvalue weighted by atomic mass is 10.1. The van der Waals surface area contributed by atoms with E-state index < -0.39 is 17.6 Å². The number of aromatic nitrogens is 3. The molecule has 164 valence electrons. The van der Waals surface area contributed by atoms with Gasteiger partial charge in [0, 0.05) is 6.54 Å². The monoisotopic (exact) mass is 450 g/mol. The summed E-state index contributed by atoms with van der Waals surface area (Å²) in [5, 5.41) is 11.2. The largest absolute Gasteiger partial charge is 0.493 e. The number of nitrogens with zero attached hydrogens (tertiary/aromatic N) is 3. The summed E-state index contributed by atoms with van der Waals surface area (Å²) < 4.78 is 46.8. The van der Waals surface area contributed by atoms with Crippen molar-refractivity contribution in [3.05, 3.63) is 54.1 Å². The molecule has 0 fully saturated rings. The Hall–Kier alpha value is -3.01. The van der Waals surface area contributed by atoms with Crippen LogP contribution in [0.15, 0.2) is 53.7 Å². The third-order valence-electron chi connectivity index (χ3n) is 4.30. The Morgan fingerprint density at radius 3 is 2.52 bits per heavy atom. The number of para-hydroxylation sites is 2. The minimum Gasteiger partial charge on any atom is -0.493 e. The Morgan fingerprint density at radius 1 is 1.10 bits per heavy atom. The highest BCUT2D eigenvalue weighted by molar-refractivity contribution is 7.99. The molecule has 0 aliphatic rings. The maximum absolute atomic E-state index is 13.1. The number of anilines is 1. The van der Waals surface area contributed by atoms with E-state index in [0.29, 0.717) is 29.9 Å². The summed E-state index contributed by atoms with van der Waals surface area (Å²) >= 11 is 1.10. The predicted octanol–water partition coefficient (Wildman–Crippen LogP) is 5.11. The summed E-state index contributed by atoms with van der Waals surface area (Å²) in [6.45, 7) is 4.85. The Kier molecular flexibility index (Phi) is 7.21. The molecule has 0 bridgehead atoms. The second-order valence-corrected chi connectivity index (χ2v) is 7.30. The van der Waals surface area contributed by atoms with Crippen LogP contribution in [0.25, 0.3) is 11.4 Å². The fraction of sp³-hybridized carbons (Fsp3) is 0.286. The van der Waals surface area contributed by atoms with Crippen LogP contribution in [0.1, 0.15) is 19.4 Å². The van der Waals surface area contributed by atoms with E-state index in [4.69, 9.17) is 4.74 Å². The lowest BCUT2D eigenvalue weighted by Gasteiger charge is -2.13. The van der Waals surface area contributed by atoms with Gasteiger partial charge in [0.2, 0.25) is 5.91 Å². The first-order valence-electron chi connectivity index (χ1n) is 9.59. The molecule has 0 radical (unpaired) electrons. The second kappa shape index (κ2) is 9.86. The van der Waals surface area contributed by atoms with Crippen molar-refractivity contribution in [2.24, 2.45) is 0 Å². The van der Waals surface area contributed by atoms with Gasteiger partial charge in [-0.25, -0.2) is 0 Å². The summed E-state index contributed by atoms with van der Waals surface area (Å²) in [7, 11) is 0. The number of benzene rings is 2. The molecule has 3 rings (SSSR count). The van der Waals surface area contributed by atoms with Crippen molar-refractivity contribution >= 4 is 23.4 Å². The van der Waals surface area contributed by atoms with Crippen molar-refractivity contribution < 1.29 is 22.7 Å². The van der Waals surface area contributed by atoms with Crippen molar-refractivity contribution in [2.45, 2.75) is 31.7 Å². The molecule has 0 aliphatic carbocycles. The van der Waals surface area contributed by atoms with Gasteiger partial charge in [-0.05, 0) is 38.1 Å². The minimum absolute atomic E-state index is 0.114. The van der Waals surface area contributed by atoms with Crippen LogP contribution in [0.4, 0.5) is 18.9 Å². The molecule has 31 heavy (non-hydrogen) atoms. The standard InChI is InChI=1S/C21H21F3N4O2S/c1-3-28-19(14-9-5-8-12-17(14)30-4-2)26-27-20(28)31-13-18(29)25-16-11-7-6-10-15(16)21(22,23)24/h5-12H,3-4,13H2,1-2H3,(H,25,29). The first-order valence-corrected chi connectivity index (χ1v) is 10.6. The number of hydrogen-bond acceptors (Lipinski definition) is 5. The van der Waals surface area contributed by atoms with E-state index in [0.717, 1.165) is 23.4 Å². The molecule has 3 aromatic rings. The van der Waals surface area contributed by atoms with Crippen molar-refractivity contribution in [3.63, 3.8) is 0 Å². The molecule has 10 heteroatoms. The summed E-state index contributed by atoms with van der Waals surface area (Å²) in [4.78, 5) is 12.3. The lowest BCUT2D eigenvalue weighted by molar-refractivity contribution is -0.137. The van der Waals surface area contributed by atoms with E-state index in [-0.39, 0.29) is 11.4 Å². The average Bonchev–Trinajstić information content (AvgIpc) is 3.15. The topological polar surface area (TPSA) is 69.0 Å². The molecular weight excluding hydrogens is 429 g/mol. The normalized spacial score (nSPS) is 11.4. The quantitative estimate of drug-likeness (QED) is 0.483. The number of halogens is 3. The van der Waals surface area contributed by atoms with Crippen LogP contribution in [0.5, 0.6) is 5.75 Å². The third kappa shape index (κ3) is 5.38. The average molecular weight is 450 g/mol. The van der Waals surface area contributed by atoms with Gasteiger partial charge < -0.3 is 14.6 Å². The van der Waals surface area contributed by atoms with E-state index in [1.165, 1.54) is 18.2 Å². The summed E-state index contributed by atoms with van der Waals surface area (Å²) in [6.07, 6.45) is -4.55. The number of ether oxygens (including phenoxy) is 1. The number of carbonyl (C=O) groups excluding carboxylic acids is 1. The van der Waals surface area contributed by atoms with Crippen molar-refractivity contribution in [3.8, 4) is 17.1 Å². The number of alkyl halides is 3. The van der Waals surface area contributed by atoms with E-state index >= 15 is 0 Å². The molecule has 0 unspecified atom stereocenters. The molecule has 6 nitrogen and oxygen atoms in total. The van der Waals surface area contributed by atoms with Gasteiger partial charge in [0.05, 0.1) is 29.2 Å². The Balaban J connectivity index is 1.75. The third-order valence-corrected chi connectivity index (χ3v) is 5.27. The Morgan fingerprint density at radius 2 is 1.81 bits per heavy atom. The molecule has 1 aromatic heterocycles. The molecule has 1 heterocycles. The first-order chi connectivity index (χ1) is 14.8. The maximum Gasteiger partial charge on any atom is 0.418 e. The SMILES string of the molecule is CCOc1ccccc1-c1nnc(SCC(=O)Nc2ccccc2C(F)(F)F)n1CC. The Bertz CT molecular complexity index is 1050. The zero-order chi connectivity index (χ0) is 22.4. The van der Waals surface area contributed by atoms with Gasteiger partial charge in [-0.3, -0.25) is 4.79 Å². The number of amides is 1. The minimum atomic E-state index is -4.55. The number of hydrogen-bond donors (Lipinski definition) is 1. The summed E-state index contributed by atoms with van der Waals surface area (Å²) in [5.41, 5.74) is -0.391. The molecule has 0 saturated heterocycles. The van der Waals surface area contributed by atoms with E-state index in [9.17, 15) is 18.0 Å². The van der Waals surface area contributed by atoms with E-state index in [1.54, 1.807) is 0 Å². The molecule has 0 saturated carbocycles. The molecule has 1 amide bonds. The van der Waals surface area contributed by atoms with Gasteiger partial charge in [0.25, 0.3) is 0 Å². The van der Waals surface area contributed by atoms with Gasteiger partial charge in [-0.15, -0.1) is 10.2 Å². The molecular formula is C21H21F3N4O2S. The lowest BCUT2D eigenvalue weighted by Crippen LogP contribution is -2.18. The van der Waals surface area contributed by atoms with Gasteiger partial charge in [0.1, 0.15) is 5.75 Å². The zero-order valence-corrected chi connectivity index (χ0v) is 17.8. The first kappa shape index (κ1) is 22.7. The van der Waals surface area contributed by atoms with Crippen LogP contribution in [0, 0.1) is 0 Å². The van der Waals surface area contributed by atoms with Gasteiger partial charge in [-0.2, -0.15) is 13.2 Å². The van der Waals surface area contributed by atoms with Gasteiger partial charge in [-0.1, -0.05) is 36.0 Å². The van der Waals surface area contributed by atoms with Crippen LogP contribution in [0.3, 0.4) is 0 Å². The highest BCUT2D eigenvalue weighted by Crippen LogP contribution is 2.35. The van der Waals surface area contributed by atoms with Gasteiger partial charge >= 0.3 is 6.18 Å². The summed E-state index contributed by atoms with van der Waals surface area (Å²) in [5.74, 6) is 0.586. The van der Waals surface area contributed by atoms with E-state index in [1.807, 2.05) is 42.7 Å². The van der Waals surface area contributed by atoms with Crippen molar-refractivity contribution in [2.75, 3.05) is 17.7 Å². The van der Waals surface area contributed by atoms with Crippen LogP contribution in [-0.2, 0) is 17.5 Å². The molecule has 0 spiro atoms. The Labute approximate surface area is 181 Å². The molecule has 1 N–H and O–H groups in total. The second-order valence-electron chi connectivity index (χ2n) is 6.36. The fourth-order valence-electron chi connectivity index (χ4n) is 2.97. The van der Waals surface area contributed by atoms with E-state index in [2.05, 4.69) is 15.5 Å². The number of nitrogens with one attached hydrogen (secondary N) is 1. The number of rotatable bonds is 8. The highest BCUT2D eigenvalue weighted by atomic mass is 32.2. The van der Waals surface area contributed by atoms with Gasteiger partial charge in [0.15, 0.2) is 11.0 Å². The molecule has 2 aromatic carbocycles. The van der Waals surface area contributed by atoms with Crippen molar-refractivity contribution in [1.82, 2.24) is 14.8 Å². The van der Waals surface area contributed by atoms with Crippen molar-refractivity contribution in [1.29, 1.82) is 0 Å². The summed E-state index contributed by atoms with van der Waals surface area (Å²) in [6, 6.07) is 12.3. The van der Waals surface area contributed by atoms with Crippen LogP contribution in [0.2, 0.25) is 0 Å². The van der Waals surface area contributed by atoms with Crippen LogP contribution >= 0.6 is 11.8 Å². The fourth-order valence-corrected chi connectivity index (χ4v) is 3.77. The smallest absolute Gasteiger partial charge is 0.418 e.